The Morgan fingerprint density at radius 1 is 0.879 bits per heavy atom. The largest absolute Gasteiger partial charge is 0.506 e. The second-order valence-corrected chi connectivity index (χ2v) is 7.93. The highest BCUT2D eigenvalue weighted by Gasteiger charge is 2.11. The molecule has 0 aliphatic carbocycles. The van der Waals surface area contributed by atoms with Crippen LogP contribution in [0, 0.1) is 0 Å². The van der Waals surface area contributed by atoms with Crippen molar-refractivity contribution in [3.8, 4) is 5.75 Å². The molecule has 0 aliphatic heterocycles. The lowest BCUT2D eigenvalue weighted by Crippen LogP contribution is -2.23. The zero-order valence-electron chi connectivity index (χ0n) is 18.7. The van der Waals surface area contributed by atoms with Gasteiger partial charge < -0.3 is 31.3 Å². The molecule has 0 saturated carbocycles. The van der Waals surface area contributed by atoms with Crippen LogP contribution < -0.4 is 16.0 Å². The van der Waals surface area contributed by atoms with Crippen LogP contribution in [0.5, 0.6) is 5.75 Å². The van der Waals surface area contributed by atoms with Crippen molar-refractivity contribution in [1.82, 2.24) is 5.32 Å². The number of aliphatic hydroxyl groups excluding tert-OH is 2. The minimum absolute atomic E-state index is 0.0402. The molecule has 6 N–H and O–H groups in total. The molecule has 0 fully saturated rings. The van der Waals surface area contributed by atoms with Gasteiger partial charge in [-0.2, -0.15) is 0 Å². The number of phenolic OH excluding ortho intramolecular Hbond substituents is 1. The maximum Gasteiger partial charge on any atom is 0.221 e. The van der Waals surface area contributed by atoms with Gasteiger partial charge in [0.15, 0.2) is 0 Å². The van der Waals surface area contributed by atoms with E-state index in [0.29, 0.717) is 25.2 Å². The Bertz CT molecular complexity index is 1030. The SMILES string of the molecule is CC(=O)Nc1cc([C@@H](O)CNCCc2ccc(NC[C@H](O)c3ccccc3)cc2)ccc1O. The van der Waals surface area contributed by atoms with Gasteiger partial charge in [0.25, 0.3) is 0 Å². The third-order valence-electron chi connectivity index (χ3n) is 5.28. The normalized spacial score (nSPS) is 12.7. The Labute approximate surface area is 194 Å². The predicted molar refractivity (Wildman–Crippen MR) is 130 cm³/mol. The predicted octanol–water partition coefficient (Wildman–Crippen LogP) is 3.36. The van der Waals surface area contributed by atoms with E-state index < -0.39 is 12.2 Å². The summed E-state index contributed by atoms with van der Waals surface area (Å²) in [7, 11) is 0. The van der Waals surface area contributed by atoms with E-state index in [1.54, 1.807) is 12.1 Å². The van der Waals surface area contributed by atoms with E-state index in [-0.39, 0.29) is 17.3 Å². The first-order chi connectivity index (χ1) is 15.9. The highest BCUT2D eigenvalue weighted by molar-refractivity contribution is 5.90. The summed E-state index contributed by atoms with van der Waals surface area (Å²) in [5.41, 5.74) is 3.87. The lowest BCUT2D eigenvalue weighted by atomic mass is 10.1. The van der Waals surface area contributed by atoms with Crippen molar-refractivity contribution < 1.29 is 20.1 Å². The van der Waals surface area contributed by atoms with Crippen LogP contribution in [0.25, 0.3) is 0 Å². The molecule has 0 aromatic heterocycles. The first-order valence-electron chi connectivity index (χ1n) is 11.0. The number of carbonyl (C=O) groups excluding carboxylic acids is 1. The van der Waals surface area contributed by atoms with Crippen LogP contribution in [-0.2, 0) is 11.2 Å². The van der Waals surface area contributed by atoms with Gasteiger partial charge in [-0.3, -0.25) is 4.79 Å². The molecule has 3 rings (SSSR count). The summed E-state index contributed by atoms with van der Waals surface area (Å²) in [6.45, 7) is 2.83. The van der Waals surface area contributed by atoms with Gasteiger partial charge in [-0.05, 0) is 53.9 Å². The number of rotatable bonds is 11. The van der Waals surface area contributed by atoms with Crippen LogP contribution >= 0.6 is 0 Å². The smallest absolute Gasteiger partial charge is 0.221 e. The summed E-state index contributed by atoms with van der Waals surface area (Å²) in [6, 6.07) is 22.3. The zero-order valence-corrected chi connectivity index (χ0v) is 18.7. The monoisotopic (exact) mass is 449 g/mol. The maximum absolute atomic E-state index is 11.2. The third-order valence-corrected chi connectivity index (χ3v) is 5.28. The first kappa shape index (κ1) is 24.3. The number of phenols is 1. The molecule has 0 radical (unpaired) electrons. The van der Waals surface area contributed by atoms with Crippen molar-refractivity contribution in [3.63, 3.8) is 0 Å². The topological polar surface area (TPSA) is 114 Å². The lowest BCUT2D eigenvalue weighted by molar-refractivity contribution is -0.114. The van der Waals surface area contributed by atoms with E-state index in [0.717, 1.165) is 23.2 Å². The quantitative estimate of drug-likeness (QED) is 0.198. The lowest BCUT2D eigenvalue weighted by Gasteiger charge is -2.15. The van der Waals surface area contributed by atoms with Crippen LogP contribution in [0.3, 0.4) is 0 Å². The average molecular weight is 450 g/mol. The molecule has 33 heavy (non-hydrogen) atoms. The van der Waals surface area contributed by atoms with E-state index in [9.17, 15) is 20.1 Å². The Balaban J connectivity index is 1.40. The maximum atomic E-state index is 11.2. The number of benzene rings is 3. The minimum Gasteiger partial charge on any atom is -0.506 e. The van der Waals surface area contributed by atoms with Gasteiger partial charge in [-0.15, -0.1) is 0 Å². The van der Waals surface area contributed by atoms with Crippen LogP contribution in [0.2, 0.25) is 0 Å². The highest BCUT2D eigenvalue weighted by Crippen LogP contribution is 2.27. The summed E-state index contributed by atoms with van der Waals surface area (Å²) in [6.07, 6.45) is -0.531. The van der Waals surface area contributed by atoms with Crippen molar-refractivity contribution in [2.75, 3.05) is 30.3 Å². The van der Waals surface area contributed by atoms with E-state index in [4.69, 9.17) is 0 Å². The number of carbonyl (C=O) groups is 1. The second kappa shape index (κ2) is 12.0. The molecular weight excluding hydrogens is 418 g/mol. The van der Waals surface area contributed by atoms with Gasteiger partial charge in [0.05, 0.1) is 17.9 Å². The molecule has 1 amide bonds. The average Bonchev–Trinajstić information content (AvgIpc) is 2.82. The first-order valence-corrected chi connectivity index (χ1v) is 11.0. The van der Waals surface area contributed by atoms with E-state index in [2.05, 4.69) is 16.0 Å². The third kappa shape index (κ3) is 7.61. The number of amides is 1. The van der Waals surface area contributed by atoms with E-state index in [1.807, 2.05) is 54.6 Å². The van der Waals surface area contributed by atoms with Gasteiger partial charge in [0.1, 0.15) is 5.75 Å². The van der Waals surface area contributed by atoms with Crippen LogP contribution in [-0.4, -0.2) is 40.9 Å². The number of nitrogens with one attached hydrogen (secondary N) is 3. The highest BCUT2D eigenvalue weighted by atomic mass is 16.3. The number of hydrogen-bond acceptors (Lipinski definition) is 6. The van der Waals surface area contributed by atoms with Crippen molar-refractivity contribution >= 4 is 17.3 Å². The Morgan fingerprint density at radius 3 is 2.27 bits per heavy atom. The van der Waals surface area contributed by atoms with Crippen LogP contribution in [0.4, 0.5) is 11.4 Å². The molecule has 174 valence electrons. The fourth-order valence-electron chi connectivity index (χ4n) is 3.44. The number of anilines is 2. The molecule has 3 aromatic carbocycles. The molecule has 0 aliphatic rings. The molecule has 0 bridgehead atoms. The van der Waals surface area contributed by atoms with Gasteiger partial charge in [0, 0.05) is 25.7 Å². The fourth-order valence-corrected chi connectivity index (χ4v) is 3.44. The van der Waals surface area contributed by atoms with Crippen molar-refractivity contribution in [3.05, 3.63) is 89.5 Å². The van der Waals surface area contributed by atoms with Crippen molar-refractivity contribution in [1.29, 1.82) is 0 Å². The van der Waals surface area contributed by atoms with Gasteiger partial charge in [-0.25, -0.2) is 0 Å². The zero-order chi connectivity index (χ0) is 23.6. The molecule has 0 heterocycles. The number of hydrogen-bond donors (Lipinski definition) is 6. The van der Waals surface area contributed by atoms with Crippen molar-refractivity contribution in [2.24, 2.45) is 0 Å². The van der Waals surface area contributed by atoms with Gasteiger partial charge in [0.2, 0.25) is 5.91 Å². The van der Waals surface area contributed by atoms with Crippen LogP contribution in [0.1, 0.15) is 35.8 Å². The summed E-state index contributed by atoms with van der Waals surface area (Å²) in [5, 5.41) is 39.5. The Morgan fingerprint density at radius 2 is 1.58 bits per heavy atom. The molecular formula is C26H31N3O4. The Hall–Kier alpha value is -3.39. The Kier molecular flexibility index (Phi) is 8.83. The second-order valence-electron chi connectivity index (χ2n) is 7.93. The summed E-state index contributed by atoms with van der Waals surface area (Å²) >= 11 is 0. The number of aliphatic hydroxyl groups is 2. The van der Waals surface area contributed by atoms with Crippen LogP contribution in [0.15, 0.2) is 72.8 Å². The van der Waals surface area contributed by atoms with Crippen molar-refractivity contribution in [2.45, 2.75) is 25.6 Å². The van der Waals surface area contributed by atoms with Gasteiger partial charge in [-0.1, -0.05) is 48.5 Å². The molecule has 0 spiro atoms. The summed E-state index contributed by atoms with van der Waals surface area (Å²) in [5.74, 6) is -0.328. The summed E-state index contributed by atoms with van der Waals surface area (Å²) in [4.78, 5) is 11.2. The van der Waals surface area contributed by atoms with E-state index in [1.165, 1.54) is 13.0 Å². The van der Waals surface area contributed by atoms with Gasteiger partial charge >= 0.3 is 0 Å². The standard InChI is InChI=1S/C26H31N3O4/c1-18(30)29-23-15-21(9-12-24(23)31)25(32)16-27-14-13-19-7-10-22(11-8-19)28-17-26(33)20-5-3-2-4-6-20/h2-12,15,25-28,31-33H,13-14,16-17H2,1H3,(H,29,30)/t25-,26-/m0/s1. The minimum atomic E-state index is -0.763. The molecule has 0 unspecified atom stereocenters. The summed E-state index contributed by atoms with van der Waals surface area (Å²) < 4.78 is 0. The molecule has 7 heteroatoms. The molecule has 0 saturated heterocycles. The molecule has 7 nitrogen and oxygen atoms in total. The fraction of sp³-hybridized carbons (Fsp3) is 0.269. The van der Waals surface area contributed by atoms with E-state index >= 15 is 0 Å². The molecule has 3 aromatic rings. The molecule has 2 atom stereocenters. The number of aromatic hydroxyl groups is 1.